The minimum absolute atomic E-state index is 0. The zero-order valence-corrected chi connectivity index (χ0v) is 14.1. The summed E-state index contributed by atoms with van der Waals surface area (Å²) >= 11 is 6.06. The third-order valence-corrected chi connectivity index (χ3v) is 3.81. The van der Waals surface area contributed by atoms with E-state index in [0.29, 0.717) is 10.9 Å². The van der Waals surface area contributed by atoms with Crippen LogP contribution in [0.15, 0.2) is 24.3 Å². The number of epoxide rings is 1. The van der Waals surface area contributed by atoms with Crippen LogP contribution >= 0.6 is 11.6 Å². The number of ketones is 1. The molecular weight excluding hydrogens is 352 g/mol. The van der Waals surface area contributed by atoms with Crippen LogP contribution in [0.3, 0.4) is 0 Å². The normalized spacial score (nSPS) is 26.1. The van der Waals surface area contributed by atoms with Gasteiger partial charge < -0.3 is 4.74 Å². The van der Waals surface area contributed by atoms with Gasteiger partial charge in [-0.05, 0) is 63.9 Å². The van der Waals surface area contributed by atoms with Crippen molar-refractivity contribution in [3.8, 4) is 0 Å². The first-order chi connectivity index (χ1) is 10.8. The quantitative estimate of drug-likeness (QED) is 0.602. The third-order valence-electron chi connectivity index (χ3n) is 3.46. The standard InChI is InChI=1S/C14H10ClO2.C5H5.Fe/c15-11-8-4-3-7-10(11)13-14(17-13)12(16)9-5-1-2-6-9;1-2-4-5-3-1;/h1-8,13-14H;1-5H;/q;;+2/t13-,14+;;/m0../s1. The number of halogens is 1. The van der Waals surface area contributed by atoms with E-state index in [1.807, 2.05) is 69.2 Å². The first kappa shape index (κ1) is 19.0. The Morgan fingerprint density at radius 2 is 1.48 bits per heavy atom. The van der Waals surface area contributed by atoms with Gasteiger partial charge in [-0.2, -0.15) is 0 Å². The molecule has 2 atom stereocenters. The molecule has 0 spiro atoms. The van der Waals surface area contributed by atoms with Crippen LogP contribution in [0.5, 0.6) is 0 Å². The number of benzene rings is 1. The minimum atomic E-state index is -0.377. The smallest absolute Gasteiger partial charge is 0.356 e. The topological polar surface area (TPSA) is 29.6 Å². The van der Waals surface area contributed by atoms with Gasteiger partial charge in [0.2, 0.25) is 0 Å². The van der Waals surface area contributed by atoms with Crippen molar-refractivity contribution in [2.45, 2.75) is 12.2 Å². The van der Waals surface area contributed by atoms with E-state index in [4.69, 9.17) is 16.3 Å². The molecular formula is C19H15ClFeO2+2. The fourth-order valence-electron chi connectivity index (χ4n) is 2.28. The van der Waals surface area contributed by atoms with E-state index >= 15 is 0 Å². The average molecular weight is 367 g/mol. The summed E-state index contributed by atoms with van der Waals surface area (Å²) < 4.78 is 5.44. The first-order valence-corrected chi connectivity index (χ1v) is 7.47. The van der Waals surface area contributed by atoms with Gasteiger partial charge in [-0.3, -0.25) is 4.79 Å². The molecule has 3 fully saturated rings. The Morgan fingerprint density at radius 3 is 2.04 bits per heavy atom. The molecule has 2 nitrogen and oxygen atoms in total. The van der Waals surface area contributed by atoms with Gasteiger partial charge in [-0.15, -0.1) is 0 Å². The number of hydrogen-bond donors (Lipinski definition) is 0. The molecule has 23 heavy (non-hydrogen) atoms. The van der Waals surface area contributed by atoms with Crippen molar-refractivity contribution in [1.29, 1.82) is 0 Å². The van der Waals surface area contributed by atoms with Crippen molar-refractivity contribution in [3.63, 3.8) is 0 Å². The molecule has 2 aliphatic carbocycles. The fourth-order valence-corrected chi connectivity index (χ4v) is 2.52. The van der Waals surface area contributed by atoms with E-state index in [0.717, 1.165) is 5.56 Å². The van der Waals surface area contributed by atoms with Crippen molar-refractivity contribution in [2.75, 3.05) is 0 Å². The second-order valence-electron chi connectivity index (χ2n) is 5.00. The Labute approximate surface area is 154 Å². The Kier molecular flexibility index (Phi) is 7.62. The van der Waals surface area contributed by atoms with Gasteiger partial charge in [0.05, 0.1) is 5.92 Å². The minimum Gasteiger partial charge on any atom is -0.356 e. The number of ether oxygens (including phenoxy) is 1. The van der Waals surface area contributed by atoms with E-state index in [2.05, 4.69) is 0 Å². The SMILES string of the molecule is O=C([C]1[CH][CH][CH][CH]1)[C@H]1O[C@H]1c1ccccc1Cl.[CH]1[CH][CH][CH][CH]1.[Fe+2]. The van der Waals surface area contributed by atoms with Crippen molar-refractivity contribution >= 4 is 17.4 Å². The Balaban J connectivity index is 0.000000276. The average Bonchev–Trinajstić information content (AvgIpc) is 3.00. The second-order valence-corrected chi connectivity index (χ2v) is 5.41. The van der Waals surface area contributed by atoms with Crippen LogP contribution in [0.2, 0.25) is 5.02 Å². The predicted octanol–water partition coefficient (Wildman–Crippen LogP) is 3.77. The van der Waals surface area contributed by atoms with Crippen molar-refractivity contribution < 1.29 is 26.6 Å². The van der Waals surface area contributed by atoms with Crippen molar-refractivity contribution in [3.05, 3.63) is 98.6 Å². The number of hydrogen-bond acceptors (Lipinski definition) is 2. The Hall–Kier alpha value is -0.341. The van der Waals surface area contributed by atoms with Crippen LogP contribution in [0.1, 0.15) is 11.7 Å². The maximum atomic E-state index is 12.0. The van der Waals surface area contributed by atoms with E-state index in [-0.39, 0.29) is 35.1 Å². The molecule has 1 heterocycles. The van der Waals surface area contributed by atoms with Gasteiger partial charge in [0.1, 0.15) is 12.2 Å². The molecule has 0 unspecified atom stereocenters. The summed E-state index contributed by atoms with van der Waals surface area (Å²) in [5.74, 6) is 0.726. The van der Waals surface area contributed by atoms with Gasteiger partial charge in [-0.25, -0.2) is 0 Å². The maximum absolute atomic E-state index is 12.0. The summed E-state index contributed by atoms with van der Waals surface area (Å²) in [6, 6.07) is 7.46. The van der Waals surface area contributed by atoms with E-state index < -0.39 is 0 Å². The molecule has 0 aromatic heterocycles. The summed E-state index contributed by atoms with van der Waals surface area (Å²) in [7, 11) is 0. The van der Waals surface area contributed by atoms with Crippen molar-refractivity contribution in [2.24, 2.45) is 0 Å². The molecule has 0 bridgehead atoms. The van der Waals surface area contributed by atoms with Gasteiger partial charge in [-0.1, -0.05) is 29.8 Å². The molecule has 4 heteroatoms. The van der Waals surface area contributed by atoms with Crippen LogP contribution in [0.25, 0.3) is 0 Å². The Morgan fingerprint density at radius 1 is 0.913 bits per heavy atom. The molecule has 4 rings (SSSR count). The van der Waals surface area contributed by atoms with Gasteiger partial charge in [0.15, 0.2) is 5.78 Å². The van der Waals surface area contributed by atoms with E-state index in [9.17, 15) is 4.79 Å². The fraction of sp³-hybridized carbons (Fsp3) is 0.105. The summed E-state index contributed by atoms with van der Waals surface area (Å²) in [4.78, 5) is 12.0. The van der Waals surface area contributed by atoms with Crippen LogP contribution < -0.4 is 0 Å². The second kappa shape index (κ2) is 9.22. The van der Waals surface area contributed by atoms with Crippen LogP contribution in [0, 0.1) is 63.7 Å². The number of rotatable bonds is 3. The monoisotopic (exact) mass is 366 g/mol. The molecule has 1 aromatic carbocycles. The molecule has 116 valence electrons. The molecule has 0 amide bonds. The molecule has 1 saturated heterocycles. The third kappa shape index (κ3) is 5.06. The van der Waals surface area contributed by atoms with E-state index in [1.54, 1.807) is 12.8 Å². The molecule has 1 aromatic rings. The van der Waals surface area contributed by atoms with E-state index in [1.165, 1.54) is 0 Å². The number of carbonyl (C=O) groups is 1. The molecule has 10 radical (unpaired) electrons. The summed E-state index contributed by atoms with van der Waals surface area (Å²) in [6.07, 6.45) is 16.7. The van der Waals surface area contributed by atoms with Crippen LogP contribution in [-0.4, -0.2) is 11.9 Å². The molecule has 3 aliphatic rings. The van der Waals surface area contributed by atoms with Gasteiger partial charge in [0, 0.05) is 10.6 Å². The zero-order valence-electron chi connectivity index (χ0n) is 12.2. The largest absolute Gasteiger partial charge is 2.00 e. The number of carbonyl (C=O) groups excluding carboxylic acids is 1. The molecule has 2 saturated carbocycles. The summed E-state index contributed by atoms with van der Waals surface area (Å²) in [5.41, 5.74) is 0.888. The van der Waals surface area contributed by atoms with Crippen LogP contribution in [-0.2, 0) is 26.6 Å². The molecule has 1 aliphatic heterocycles. The first-order valence-electron chi connectivity index (χ1n) is 7.10. The maximum Gasteiger partial charge on any atom is 2.00 e. The van der Waals surface area contributed by atoms with Crippen LogP contribution in [0.4, 0.5) is 0 Å². The summed E-state index contributed by atoms with van der Waals surface area (Å²) in [5, 5.41) is 0.648. The van der Waals surface area contributed by atoms with Gasteiger partial charge in [0.25, 0.3) is 0 Å². The van der Waals surface area contributed by atoms with Crippen molar-refractivity contribution in [1.82, 2.24) is 0 Å². The molecule has 0 N–H and O–H groups in total. The predicted molar refractivity (Wildman–Crippen MR) is 86.0 cm³/mol. The Bertz CT molecular complexity index is 502. The van der Waals surface area contributed by atoms with Gasteiger partial charge >= 0.3 is 17.1 Å². The zero-order chi connectivity index (χ0) is 15.4. The summed E-state index contributed by atoms with van der Waals surface area (Å²) in [6.45, 7) is 0. The number of Topliss-reactive ketones (excluding diaryl/α,β-unsaturated/α-hetero) is 1.